The molecular formula is C9H19NO. The molecule has 1 aliphatic rings. The number of aliphatic hydroxyl groups is 1. The molecule has 1 rings (SSSR count). The first-order valence-corrected chi connectivity index (χ1v) is 4.61. The maximum absolute atomic E-state index is 9.00. The Labute approximate surface area is 69.0 Å². The highest BCUT2D eigenvalue weighted by atomic mass is 16.3. The van der Waals surface area contributed by atoms with Gasteiger partial charge in [0.15, 0.2) is 0 Å². The monoisotopic (exact) mass is 157 g/mol. The van der Waals surface area contributed by atoms with Crippen LogP contribution in [0.3, 0.4) is 0 Å². The lowest BCUT2D eigenvalue weighted by Crippen LogP contribution is -2.46. The summed E-state index contributed by atoms with van der Waals surface area (Å²) >= 11 is 0. The van der Waals surface area contributed by atoms with E-state index in [1.165, 1.54) is 19.3 Å². The van der Waals surface area contributed by atoms with Gasteiger partial charge in [-0.2, -0.15) is 0 Å². The van der Waals surface area contributed by atoms with E-state index in [-0.39, 0.29) is 6.61 Å². The number of hydrogen-bond donors (Lipinski definition) is 2. The van der Waals surface area contributed by atoms with Crippen LogP contribution in [0.5, 0.6) is 0 Å². The average molecular weight is 157 g/mol. The Bertz CT molecular complexity index is 110. The quantitative estimate of drug-likeness (QED) is 0.641. The van der Waals surface area contributed by atoms with Gasteiger partial charge >= 0.3 is 0 Å². The zero-order chi connectivity index (χ0) is 8.27. The summed E-state index contributed by atoms with van der Waals surface area (Å²) in [6, 6.07) is 0.995. The normalized spacial score (nSPS) is 21.8. The van der Waals surface area contributed by atoms with Crippen LogP contribution in [0.4, 0.5) is 0 Å². The van der Waals surface area contributed by atoms with Crippen molar-refractivity contribution in [3.05, 3.63) is 0 Å². The summed E-state index contributed by atoms with van der Waals surface area (Å²) in [6.07, 6.45) is 3.94. The predicted molar refractivity (Wildman–Crippen MR) is 46.5 cm³/mol. The second-order valence-electron chi connectivity index (χ2n) is 3.83. The summed E-state index contributed by atoms with van der Waals surface area (Å²) in [7, 11) is 0. The number of rotatable bonds is 4. The lowest BCUT2D eigenvalue weighted by molar-refractivity contribution is 0.178. The fourth-order valence-corrected chi connectivity index (χ4v) is 1.33. The van der Waals surface area contributed by atoms with Gasteiger partial charge in [-0.15, -0.1) is 0 Å². The van der Waals surface area contributed by atoms with Crippen LogP contribution >= 0.6 is 0 Å². The van der Waals surface area contributed by atoms with Gasteiger partial charge in [0.25, 0.3) is 0 Å². The molecule has 1 atom stereocenters. The fourth-order valence-electron chi connectivity index (χ4n) is 1.33. The van der Waals surface area contributed by atoms with Crippen LogP contribution in [-0.2, 0) is 0 Å². The third-order valence-electron chi connectivity index (χ3n) is 2.56. The van der Waals surface area contributed by atoms with E-state index in [0.29, 0.717) is 18.0 Å². The third kappa shape index (κ3) is 2.46. The highest BCUT2D eigenvalue weighted by molar-refractivity contribution is 4.81. The summed E-state index contributed by atoms with van der Waals surface area (Å²) in [5.74, 6) is 0.542. The molecule has 66 valence electrons. The van der Waals surface area contributed by atoms with E-state index < -0.39 is 0 Å². The molecule has 1 fully saturated rings. The van der Waals surface area contributed by atoms with E-state index in [1.807, 2.05) is 0 Å². The van der Waals surface area contributed by atoms with Crippen LogP contribution in [0, 0.1) is 5.92 Å². The van der Waals surface area contributed by atoms with E-state index in [0.717, 1.165) is 0 Å². The van der Waals surface area contributed by atoms with E-state index in [4.69, 9.17) is 5.11 Å². The van der Waals surface area contributed by atoms with E-state index in [9.17, 15) is 0 Å². The van der Waals surface area contributed by atoms with Crippen molar-refractivity contribution in [2.24, 2.45) is 5.92 Å². The van der Waals surface area contributed by atoms with Gasteiger partial charge in [0, 0.05) is 12.1 Å². The van der Waals surface area contributed by atoms with Crippen molar-refractivity contribution in [3.8, 4) is 0 Å². The molecule has 0 aromatic carbocycles. The molecule has 11 heavy (non-hydrogen) atoms. The molecule has 1 aliphatic carbocycles. The van der Waals surface area contributed by atoms with Crippen molar-refractivity contribution in [3.63, 3.8) is 0 Å². The van der Waals surface area contributed by atoms with Crippen molar-refractivity contribution in [2.45, 2.75) is 45.2 Å². The molecule has 0 unspecified atom stereocenters. The summed E-state index contributed by atoms with van der Waals surface area (Å²) in [4.78, 5) is 0. The first-order chi connectivity index (χ1) is 5.24. The van der Waals surface area contributed by atoms with Crippen LogP contribution in [0.2, 0.25) is 0 Å². The molecule has 0 aromatic heterocycles. The Balaban J connectivity index is 2.19. The summed E-state index contributed by atoms with van der Waals surface area (Å²) in [5.41, 5.74) is 0. The molecular weight excluding hydrogens is 138 g/mol. The lowest BCUT2D eigenvalue weighted by atomic mass is 9.91. The standard InChI is InChI=1S/C9H19NO/c1-7(2)9(6-11)10-8-4-3-5-8/h7-11H,3-6H2,1-2H3/t9-/m1/s1. The average Bonchev–Trinajstić information content (AvgIpc) is 1.85. The molecule has 0 amide bonds. The van der Waals surface area contributed by atoms with E-state index >= 15 is 0 Å². The lowest BCUT2D eigenvalue weighted by Gasteiger charge is -2.32. The van der Waals surface area contributed by atoms with Gasteiger partial charge in [0.05, 0.1) is 6.61 Å². The van der Waals surface area contributed by atoms with E-state index in [2.05, 4.69) is 19.2 Å². The second kappa shape index (κ2) is 4.07. The van der Waals surface area contributed by atoms with Crippen LogP contribution in [0.1, 0.15) is 33.1 Å². The molecule has 1 saturated carbocycles. The highest BCUT2D eigenvalue weighted by Gasteiger charge is 2.21. The molecule has 2 N–H and O–H groups in total. The fraction of sp³-hybridized carbons (Fsp3) is 1.00. The molecule has 0 bridgehead atoms. The molecule has 0 saturated heterocycles. The number of hydrogen-bond acceptors (Lipinski definition) is 2. The zero-order valence-corrected chi connectivity index (χ0v) is 7.51. The van der Waals surface area contributed by atoms with Crippen LogP contribution in [0.25, 0.3) is 0 Å². The van der Waals surface area contributed by atoms with E-state index in [1.54, 1.807) is 0 Å². The first-order valence-electron chi connectivity index (χ1n) is 4.61. The summed E-state index contributed by atoms with van der Waals surface area (Å²) in [6.45, 7) is 4.56. The Morgan fingerprint density at radius 1 is 1.45 bits per heavy atom. The largest absolute Gasteiger partial charge is 0.395 e. The van der Waals surface area contributed by atoms with Gasteiger partial charge in [-0.3, -0.25) is 0 Å². The summed E-state index contributed by atoms with van der Waals surface area (Å²) in [5, 5.41) is 12.5. The predicted octanol–water partition coefficient (Wildman–Crippen LogP) is 1.15. The van der Waals surface area contributed by atoms with Crippen molar-refractivity contribution in [1.82, 2.24) is 5.32 Å². The summed E-state index contributed by atoms with van der Waals surface area (Å²) < 4.78 is 0. The van der Waals surface area contributed by atoms with Crippen molar-refractivity contribution < 1.29 is 5.11 Å². The van der Waals surface area contributed by atoms with Gasteiger partial charge < -0.3 is 10.4 Å². The molecule has 0 aliphatic heterocycles. The maximum atomic E-state index is 9.00. The number of aliphatic hydroxyl groups excluding tert-OH is 1. The van der Waals surface area contributed by atoms with Gasteiger partial charge in [-0.25, -0.2) is 0 Å². The minimum Gasteiger partial charge on any atom is -0.395 e. The SMILES string of the molecule is CC(C)[C@@H](CO)NC1CCC1. The van der Waals surface area contributed by atoms with Gasteiger partial charge in [-0.05, 0) is 18.8 Å². The van der Waals surface area contributed by atoms with Crippen LogP contribution in [0.15, 0.2) is 0 Å². The highest BCUT2D eigenvalue weighted by Crippen LogP contribution is 2.19. The Kier molecular flexibility index (Phi) is 3.34. The van der Waals surface area contributed by atoms with Crippen LogP contribution in [-0.4, -0.2) is 23.8 Å². The molecule has 0 spiro atoms. The molecule has 0 radical (unpaired) electrons. The Morgan fingerprint density at radius 3 is 2.36 bits per heavy atom. The number of nitrogens with one attached hydrogen (secondary N) is 1. The smallest absolute Gasteiger partial charge is 0.0587 e. The van der Waals surface area contributed by atoms with Crippen molar-refractivity contribution in [1.29, 1.82) is 0 Å². The maximum Gasteiger partial charge on any atom is 0.0587 e. The third-order valence-corrected chi connectivity index (χ3v) is 2.56. The molecule has 0 aromatic rings. The van der Waals surface area contributed by atoms with Gasteiger partial charge in [-0.1, -0.05) is 20.3 Å². The molecule has 0 heterocycles. The molecule has 2 nitrogen and oxygen atoms in total. The van der Waals surface area contributed by atoms with Crippen molar-refractivity contribution in [2.75, 3.05) is 6.61 Å². The van der Waals surface area contributed by atoms with Gasteiger partial charge in [0.1, 0.15) is 0 Å². The Hall–Kier alpha value is -0.0800. The minimum absolute atomic E-state index is 0.272. The topological polar surface area (TPSA) is 32.3 Å². The Morgan fingerprint density at radius 2 is 2.09 bits per heavy atom. The first kappa shape index (κ1) is 9.01. The molecule has 2 heteroatoms. The zero-order valence-electron chi connectivity index (χ0n) is 7.51. The minimum atomic E-state index is 0.272. The van der Waals surface area contributed by atoms with Gasteiger partial charge in [0.2, 0.25) is 0 Å². The van der Waals surface area contributed by atoms with Crippen LogP contribution < -0.4 is 5.32 Å². The second-order valence-corrected chi connectivity index (χ2v) is 3.83. The van der Waals surface area contributed by atoms with Crippen molar-refractivity contribution >= 4 is 0 Å².